The van der Waals surface area contributed by atoms with Crippen LogP contribution in [0.25, 0.3) is 0 Å². The number of carbonyl (C=O) groups is 3. The van der Waals surface area contributed by atoms with Gasteiger partial charge in [-0.2, -0.15) is 0 Å². The van der Waals surface area contributed by atoms with E-state index in [9.17, 15) is 14.4 Å². The summed E-state index contributed by atoms with van der Waals surface area (Å²) in [5.41, 5.74) is -0.779. The van der Waals surface area contributed by atoms with Gasteiger partial charge in [-0.25, -0.2) is 0 Å². The Kier molecular flexibility index (Phi) is 16.1. The first-order valence-electron chi connectivity index (χ1n) is 16.9. The fourth-order valence-corrected chi connectivity index (χ4v) is 6.27. The quantitative estimate of drug-likeness (QED) is 0.452. The first kappa shape index (κ1) is 37.6. The summed E-state index contributed by atoms with van der Waals surface area (Å²) in [7, 11) is 4.35. The molecule has 2 saturated carbocycles. The Hall–Kier alpha value is -1.55. The van der Waals surface area contributed by atoms with Gasteiger partial charge in [-0.05, 0) is 99.6 Å². The van der Waals surface area contributed by atoms with E-state index in [1.807, 2.05) is 41.5 Å². The number of nitrogens with zero attached hydrogens (tertiary/aromatic N) is 3. The highest BCUT2D eigenvalue weighted by atomic mass is 16.6. The number of piperazine rings is 2. The molecule has 3 unspecified atom stereocenters. The predicted molar refractivity (Wildman–Crippen MR) is 173 cm³/mol. The van der Waals surface area contributed by atoms with Gasteiger partial charge in [0.05, 0.1) is 0 Å². The Morgan fingerprint density at radius 2 is 1.26 bits per heavy atom. The summed E-state index contributed by atoms with van der Waals surface area (Å²) in [6, 6.07) is 0.680. The molecule has 1 N–H and O–H groups in total. The van der Waals surface area contributed by atoms with Gasteiger partial charge in [0, 0.05) is 84.1 Å². The summed E-state index contributed by atoms with van der Waals surface area (Å²) >= 11 is 0. The molecule has 250 valence electrons. The maximum atomic E-state index is 12.0. The van der Waals surface area contributed by atoms with Gasteiger partial charge in [0.15, 0.2) is 0 Å². The molecule has 9 nitrogen and oxygen atoms in total. The fraction of sp³-hybridized carbons (Fsp3) is 0.912. The Labute approximate surface area is 262 Å². The van der Waals surface area contributed by atoms with Crippen LogP contribution in [-0.2, 0) is 23.9 Å². The van der Waals surface area contributed by atoms with Gasteiger partial charge in [0.2, 0.25) is 0 Å². The van der Waals surface area contributed by atoms with Crippen molar-refractivity contribution in [1.82, 2.24) is 20.0 Å². The number of esters is 2. The lowest BCUT2D eigenvalue weighted by Crippen LogP contribution is -2.50. The average Bonchev–Trinajstić information content (AvgIpc) is 2.88. The SMILES string of the molecule is CC(C)(C)OC(=O)CC1CCCC(=O)C1.CN1CCN(C2CCCC(CC(=O)OC(C)(C)C)C2)CC1.CN1CCNCC1. The minimum atomic E-state index is -0.421. The lowest BCUT2D eigenvalue weighted by Gasteiger charge is -2.41. The average molecular weight is 609 g/mol. The van der Waals surface area contributed by atoms with Crippen molar-refractivity contribution in [2.45, 2.75) is 123 Å². The summed E-state index contributed by atoms with van der Waals surface area (Å²) < 4.78 is 10.7. The maximum absolute atomic E-state index is 12.0. The lowest BCUT2D eigenvalue weighted by atomic mass is 9.83. The molecule has 2 aliphatic carbocycles. The highest BCUT2D eigenvalue weighted by Crippen LogP contribution is 2.31. The Balaban J connectivity index is 0.000000254. The van der Waals surface area contributed by atoms with Crippen LogP contribution in [0.4, 0.5) is 0 Å². The largest absolute Gasteiger partial charge is 0.460 e. The predicted octanol–water partition coefficient (Wildman–Crippen LogP) is 4.52. The van der Waals surface area contributed by atoms with Crippen molar-refractivity contribution >= 4 is 17.7 Å². The van der Waals surface area contributed by atoms with Crippen LogP contribution in [0.3, 0.4) is 0 Å². The third-order valence-electron chi connectivity index (χ3n) is 8.49. The van der Waals surface area contributed by atoms with Crippen molar-refractivity contribution in [1.29, 1.82) is 0 Å². The number of ether oxygens (including phenoxy) is 2. The maximum Gasteiger partial charge on any atom is 0.306 e. The summed E-state index contributed by atoms with van der Waals surface area (Å²) in [6.45, 7) is 20.9. The number of rotatable bonds is 5. The molecular formula is C34H64N4O5. The molecule has 0 amide bonds. The van der Waals surface area contributed by atoms with E-state index >= 15 is 0 Å². The molecule has 3 atom stereocenters. The van der Waals surface area contributed by atoms with Gasteiger partial charge in [0.25, 0.3) is 0 Å². The molecule has 0 bridgehead atoms. The van der Waals surface area contributed by atoms with E-state index in [0.29, 0.717) is 37.6 Å². The van der Waals surface area contributed by atoms with Crippen LogP contribution in [0, 0.1) is 11.8 Å². The van der Waals surface area contributed by atoms with Crippen molar-refractivity contribution < 1.29 is 23.9 Å². The van der Waals surface area contributed by atoms with Crippen molar-refractivity contribution in [3.05, 3.63) is 0 Å². The van der Waals surface area contributed by atoms with Gasteiger partial charge < -0.3 is 24.6 Å². The second-order valence-corrected chi connectivity index (χ2v) is 15.2. The molecule has 9 heteroatoms. The van der Waals surface area contributed by atoms with Crippen molar-refractivity contribution in [3.8, 4) is 0 Å². The molecule has 4 fully saturated rings. The molecule has 43 heavy (non-hydrogen) atoms. The van der Waals surface area contributed by atoms with Crippen molar-refractivity contribution in [2.75, 3.05) is 66.5 Å². The topological polar surface area (TPSA) is 91.4 Å². The highest BCUT2D eigenvalue weighted by molar-refractivity contribution is 5.80. The number of nitrogens with one attached hydrogen (secondary N) is 1. The summed E-state index contributed by atoms with van der Waals surface area (Å²) in [6.07, 6.45) is 9.04. The van der Waals surface area contributed by atoms with E-state index in [4.69, 9.17) is 9.47 Å². The monoisotopic (exact) mass is 608 g/mol. The molecule has 2 aliphatic heterocycles. The van der Waals surface area contributed by atoms with Crippen molar-refractivity contribution in [3.63, 3.8) is 0 Å². The molecule has 2 saturated heterocycles. The lowest BCUT2D eigenvalue weighted by molar-refractivity contribution is -0.157. The highest BCUT2D eigenvalue weighted by Gasteiger charge is 2.30. The third kappa shape index (κ3) is 17.5. The summed E-state index contributed by atoms with van der Waals surface area (Å²) in [5.74, 6) is 0.808. The van der Waals surface area contributed by atoms with Crippen LogP contribution < -0.4 is 5.32 Å². The van der Waals surface area contributed by atoms with E-state index < -0.39 is 5.60 Å². The van der Waals surface area contributed by atoms with Crippen LogP contribution >= 0.6 is 0 Å². The first-order chi connectivity index (χ1) is 20.1. The molecule has 4 aliphatic rings. The molecule has 0 aromatic heterocycles. The number of carbonyl (C=O) groups excluding carboxylic acids is 3. The van der Waals surface area contributed by atoms with E-state index in [1.54, 1.807) is 0 Å². The molecular weight excluding hydrogens is 544 g/mol. The van der Waals surface area contributed by atoms with Gasteiger partial charge in [0.1, 0.15) is 17.0 Å². The van der Waals surface area contributed by atoms with Crippen LogP contribution in [0.2, 0.25) is 0 Å². The normalized spacial score (nSPS) is 26.3. The van der Waals surface area contributed by atoms with E-state index in [-0.39, 0.29) is 29.2 Å². The second-order valence-electron chi connectivity index (χ2n) is 15.2. The smallest absolute Gasteiger partial charge is 0.306 e. The number of likely N-dealkylation sites (N-methyl/N-ethyl adjacent to an activating group) is 2. The van der Waals surface area contributed by atoms with E-state index in [1.165, 1.54) is 65.0 Å². The molecule has 0 spiro atoms. The zero-order valence-corrected chi connectivity index (χ0v) is 28.8. The Morgan fingerprint density at radius 3 is 1.74 bits per heavy atom. The minimum absolute atomic E-state index is 0.0217. The second kappa shape index (κ2) is 18.4. The van der Waals surface area contributed by atoms with Gasteiger partial charge in [-0.15, -0.1) is 0 Å². The molecule has 0 aromatic rings. The van der Waals surface area contributed by atoms with Crippen LogP contribution in [0.15, 0.2) is 0 Å². The van der Waals surface area contributed by atoms with Crippen LogP contribution in [-0.4, -0.2) is 116 Å². The molecule has 0 radical (unpaired) electrons. The minimum Gasteiger partial charge on any atom is -0.460 e. The number of hydrogen-bond donors (Lipinski definition) is 1. The summed E-state index contributed by atoms with van der Waals surface area (Å²) in [5, 5.41) is 3.27. The van der Waals surface area contributed by atoms with E-state index in [0.717, 1.165) is 25.9 Å². The Bertz CT molecular complexity index is 839. The molecule has 0 aromatic carbocycles. The van der Waals surface area contributed by atoms with Crippen LogP contribution in [0.1, 0.15) is 106 Å². The standard InChI is InChI=1S/C17H32N2O2.C12H20O3.C5H12N2/c1-17(2,3)21-16(20)13-14-6-5-7-15(12-14)19-10-8-18(4)9-11-19;1-12(2,3)15-11(14)8-9-5-4-6-10(13)7-9;1-7-4-2-6-3-5-7/h14-15H,5-13H2,1-4H3;9H,4-8H2,1-3H3;6H,2-5H2,1H3. The van der Waals surface area contributed by atoms with Gasteiger partial charge in [-0.3, -0.25) is 19.3 Å². The zero-order chi connectivity index (χ0) is 32.0. The zero-order valence-electron chi connectivity index (χ0n) is 28.8. The van der Waals surface area contributed by atoms with Crippen molar-refractivity contribution in [2.24, 2.45) is 11.8 Å². The molecule has 2 heterocycles. The number of Topliss-reactive ketones (excluding diaryl/α,β-unsaturated/α-hetero) is 1. The first-order valence-corrected chi connectivity index (χ1v) is 16.9. The fourth-order valence-electron chi connectivity index (χ4n) is 6.27. The summed E-state index contributed by atoms with van der Waals surface area (Å²) in [4.78, 5) is 42.1. The third-order valence-corrected chi connectivity index (χ3v) is 8.49. The van der Waals surface area contributed by atoms with Gasteiger partial charge >= 0.3 is 11.9 Å². The van der Waals surface area contributed by atoms with Gasteiger partial charge in [-0.1, -0.05) is 6.42 Å². The Morgan fingerprint density at radius 1 is 0.744 bits per heavy atom. The van der Waals surface area contributed by atoms with Crippen LogP contribution in [0.5, 0.6) is 0 Å². The van der Waals surface area contributed by atoms with E-state index in [2.05, 4.69) is 34.1 Å². The number of hydrogen-bond acceptors (Lipinski definition) is 9. The number of ketones is 1. The molecule has 4 rings (SSSR count).